The molecule has 3 N–H and O–H groups in total. The summed E-state index contributed by atoms with van der Waals surface area (Å²) in [6.45, 7) is 6.42. The van der Waals surface area contributed by atoms with Gasteiger partial charge in [0.15, 0.2) is 0 Å². The number of rotatable bonds is 5. The van der Waals surface area contributed by atoms with Gasteiger partial charge in [-0.1, -0.05) is 0 Å². The van der Waals surface area contributed by atoms with Crippen molar-refractivity contribution < 1.29 is 4.79 Å². The highest BCUT2D eigenvalue weighted by atomic mass is 16.1. The van der Waals surface area contributed by atoms with Crippen molar-refractivity contribution in [2.45, 2.75) is 45.7 Å². The highest BCUT2D eigenvalue weighted by Crippen LogP contribution is 2.33. The number of amides is 1. The van der Waals surface area contributed by atoms with Gasteiger partial charge in [0.05, 0.1) is 5.41 Å². The molecule has 1 unspecified atom stereocenters. The van der Waals surface area contributed by atoms with Crippen LogP contribution in [0.1, 0.15) is 37.3 Å². The zero-order valence-electron chi connectivity index (χ0n) is 12.9. The van der Waals surface area contributed by atoms with Crippen molar-refractivity contribution in [3.63, 3.8) is 0 Å². The molecule has 2 aliphatic rings. The number of carbonyl (C=O) groups excluding carboxylic acids is 1. The first-order valence-corrected chi connectivity index (χ1v) is 7.72. The predicted octanol–water partition coefficient (Wildman–Crippen LogP) is 1.34. The van der Waals surface area contributed by atoms with Crippen molar-refractivity contribution in [2.75, 3.05) is 18.0 Å². The van der Waals surface area contributed by atoms with E-state index in [9.17, 15) is 4.79 Å². The molecule has 1 aromatic heterocycles. The highest BCUT2D eigenvalue weighted by Gasteiger charge is 2.39. The molecule has 1 saturated heterocycles. The maximum Gasteiger partial charge on any atom is 0.225 e. The van der Waals surface area contributed by atoms with Gasteiger partial charge >= 0.3 is 0 Å². The van der Waals surface area contributed by atoms with Crippen LogP contribution in [0, 0.1) is 12.3 Å². The Kier molecular flexibility index (Phi) is 3.61. The van der Waals surface area contributed by atoms with E-state index in [2.05, 4.69) is 28.2 Å². The third-order valence-electron chi connectivity index (χ3n) is 4.65. The molecule has 1 aromatic rings. The summed E-state index contributed by atoms with van der Waals surface area (Å²) in [7, 11) is 0. The fourth-order valence-corrected chi connectivity index (χ4v) is 2.95. The lowest BCUT2D eigenvalue weighted by Gasteiger charge is -2.23. The predicted molar refractivity (Wildman–Crippen MR) is 83.0 cm³/mol. The molecule has 0 radical (unpaired) electrons. The SMILES string of the molecule is Cc1cc(CNC2CC2)cnc1N1CCC(C)(C(N)=O)C1. The van der Waals surface area contributed by atoms with Crippen LogP contribution >= 0.6 is 0 Å². The molecule has 5 nitrogen and oxygen atoms in total. The Morgan fingerprint density at radius 1 is 1.57 bits per heavy atom. The van der Waals surface area contributed by atoms with Crippen molar-refractivity contribution in [1.29, 1.82) is 0 Å². The maximum absolute atomic E-state index is 11.6. The zero-order valence-corrected chi connectivity index (χ0v) is 12.9. The number of hydrogen-bond donors (Lipinski definition) is 2. The summed E-state index contributed by atoms with van der Waals surface area (Å²) in [5.74, 6) is 0.767. The molecule has 1 aliphatic heterocycles. The van der Waals surface area contributed by atoms with Crippen LogP contribution in [-0.4, -0.2) is 30.0 Å². The van der Waals surface area contributed by atoms with Crippen molar-refractivity contribution >= 4 is 11.7 Å². The van der Waals surface area contributed by atoms with Crippen LogP contribution in [0.3, 0.4) is 0 Å². The first-order valence-electron chi connectivity index (χ1n) is 7.72. The number of aryl methyl sites for hydroxylation is 1. The second kappa shape index (κ2) is 5.30. The number of primary amides is 1. The lowest BCUT2D eigenvalue weighted by molar-refractivity contribution is -0.125. The van der Waals surface area contributed by atoms with Crippen LogP contribution < -0.4 is 16.0 Å². The van der Waals surface area contributed by atoms with E-state index in [1.807, 2.05) is 13.1 Å². The Labute approximate surface area is 125 Å². The topological polar surface area (TPSA) is 71.2 Å². The number of pyridine rings is 1. The van der Waals surface area contributed by atoms with E-state index in [1.165, 1.54) is 24.0 Å². The standard InChI is InChI=1S/C16H24N4O/c1-11-7-12(8-18-13-3-4-13)9-19-14(11)20-6-5-16(2,10-20)15(17)21/h7,9,13,18H,3-6,8,10H2,1-2H3,(H2,17,21). The van der Waals surface area contributed by atoms with E-state index >= 15 is 0 Å². The van der Waals surface area contributed by atoms with Gasteiger partial charge in [-0.05, 0) is 50.3 Å². The molecule has 0 bridgehead atoms. The summed E-state index contributed by atoms with van der Waals surface area (Å²) in [6.07, 6.45) is 5.33. The van der Waals surface area contributed by atoms with Gasteiger partial charge < -0.3 is 16.0 Å². The lowest BCUT2D eigenvalue weighted by Crippen LogP contribution is -2.37. The largest absolute Gasteiger partial charge is 0.369 e. The molecule has 0 aromatic carbocycles. The van der Waals surface area contributed by atoms with Crippen molar-refractivity contribution in [3.05, 3.63) is 23.4 Å². The molecule has 1 amide bonds. The van der Waals surface area contributed by atoms with Gasteiger partial charge in [0.2, 0.25) is 5.91 Å². The number of nitrogens with one attached hydrogen (secondary N) is 1. The fraction of sp³-hybridized carbons (Fsp3) is 0.625. The Morgan fingerprint density at radius 3 is 2.90 bits per heavy atom. The van der Waals surface area contributed by atoms with Crippen molar-refractivity contribution in [2.24, 2.45) is 11.1 Å². The monoisotopic (exact) mass is 288 g/mol. The summed E-state index contributed by atoms with van der Waals surface area (Å²) in [4.78, 5) is 18.4. The summed E-state index contributed by atoms with van der Waals surface area (Å²) in [5, 5.41) is 3.50. The summed E-state index contributed by atoms with van der Waals surface area (Å²) in [6, 6.07) is 2.90. The second-order valence-corrected chi connectivity index (χ2v) is 6.74. The van der Waals surface area contributed by atoms with Gasteiger partial charge in [0, 0.05) is 31.9 Å². The third-order valence-corrected chi connectivity index (χ3v) is 4.65. The van der Waals surface area contributed by atoms with Gasteiger partial charge in [-0.15, -0.1) is 0 Å². The number of carbonyl (C=O) groups is 1. The second-order valence-electron chi connectivity index (χ2n) is 6.74. The van der Waals surface area contributed by atoms with Crippen LogP contribution in [0.4, 0.5) is 5.82 Å². The maximum atomic E-state index is 11.6. The first kappa shape index (κ1) is 14.3. The zero-order chi connectivity index (χ0) is 15.0. The summed E-state index contributed by atoms with van der Waals surface area (Å²) in [5.41, 5.74) is 7.47. The Balaban J connectivity index is 1.69. The Bertz CT molecular complexity index is 555. The molecular weight excluding hydrogens is 264 g/mol. The number of nitrogens with zero attached hydrogens (tertiary/aromatic N) is 2. The van der Waals surface area contributed by atoms with Gasteiger partial charge in [0.1, 0.15) is 5.82 Å². The molecule has 2 heterocycles. The molecule has 114 valence electrons. The molecule has 3 rings (SSSR count). The molecule has 1 saturated carbocycles. The Hall–Kier alpha value is -1.62. The lowest BCUT2D eigenvalue weighted by atomic mass is 9.89. The van der Waals surface area contributed by atoms with E-state index < -0.39 is 5.41 Å². The average Bonchev–Trinajstić information content (AvgIpc) is 3.18. The molecule has 2 fully saturated rings. The first-order chi connectivity index (χ1) is 9.98. The number of nitrogens with two attached hydrogens (primary N) is 1. The minimum atomic E-state index is -0.430. The molecule has 1 aliphatic carbocycles. The van der Waals surface area contributed by atoms with Gasteiger partial charge in [-0.3, -0.25) is 4.79 Å². The highest BCUT2D eigenvalue weighted by molar-refractivity contribution is 5.82. The molecular formula is C16H24N4O. The molecule has 21 heavy (non-hydrogen) atoms. The minimum absolute atomic E-state index is 0.215. The van der Waals surface area contributed by atoms with Crippen LogP contribution in [0.2, 0.25) is 0 Å². The van der Waals surface area contributed by atoms with Gasteiger partial charge in [-0.2, -0.15) is 0 Å². The quantitative estimate of drug-likeness (QED) is 0.858. The van der Waals surface area contributed by atoms with Crippen LogP contribution in [0.5, 0.6) is 0 Å². The van der Waals surface area contributed by atoms with E-state index in [-0.39, 0.29) is 5.91 Å². The van der Waals surface area contributed by atoms with E-state index in [0.717, 1.165) is 25.3 Å². The number of anilines is 1. The van der Waals surface area contributed by atoms with Crippen LogP contribution in [0.15, 0.2) is 12.3 Å². The van der Waals surface area contributed by atoms with Crippen LogP contribution in [0.25, 0.3) is 0 Å². The molecule has 0 spiro atoms. The third kappa shape index (κ3) is 3.02. The van der Waals surface area contributed by atoms with Gasteiger partial charge in [0.25, 0.3) is 0 Å². The van der Waals surface area contributed by atoms with Crippen molar-refractivity contribution in [3.8, 4) is 0 Å². The van der Waals surface area contributed by atoms with E-state index in [1.54, 1.807) is 0 Å². The Morgan fingerprint density at radius 2 is 2.33 bits per heavy atom. The minimum Gasteiger partial charge on any atom is -0.369 e. The van der Waals surface area contributed by atoms with E-state index in [0.29, 0.717) is 12.6 Å². The van der Waals surface area contributed by atoms with Crippen LogP contribution in [-0.2, 0) is 11.3 Å². The van der Waals surface area contributed by atoms with Crippen molar-refractivity contribution in [1.82, 2.24) is 10.3 Å². The average molecular weight is 288 g/mol. The van der Waals surface area contributed by atoms with E-state index in [4.69, 9.17) is 5.73 Å². The molecule has 5 heteroatoms. The van der Waals surface area contributed by atoms with Gasteiger partial charge in [-0.25, -0.2) is 4.98 Å². The normalized spacial score (nSPS) is 25.3. The number of hydrogen-bond acceptors (Lipinski definition) is 4. The summed E-state index contributed by atoms with van der Waals surface area (Å²) < 4.78 is 0. The number of aromatic nitrogens is 1. The molecule has 1 atom stereocenters. The summed E-state index contributed by atoms with van der Waals surface area (Å²) >= 11 is 0. The fourth-order valence-electron chi connectivity index (χ4n) is 2.95. The smallest absolute Gasteiger partial charge is 0.225 e.